The van der Waals surface area contributed by atoms with Gasteiger partial charge in [-0.3, -0.25) is 19.1 Å². The van der Waals surface area contributed by atoms with Crippen LogP contribution in [0.3, 0.4) is 0 Å². The number of rotatable bonds is 11. The van der Waals surface area contributed by atoms with Crippen LogP contribution in [-0.2, 0) is 38.6 Å². The zero-order valence-corrected chi connectivity index (χ0v) is 21.4. The standard InChI is InChI=1S/C24H27Cl2N5O6/c25-16-11-14(22-15-12-30(20(34)13-32)6-1-17(15)28-24(22)23(16)26)18-2-7-31(29-18)8-5-27-19(33)3-9-37-10-4-21(35)36/h2,7,11,28,32H,1,3-6,8-10,12-13H2,(H,27,33)(H,35,36). The maximum atomic E-state index is 12.1. The van der Waals surface area contributed by atoms with Crippen LogP contribution >= 0.6 is 23.2 Å². The van der Waals surface area contributed by atoms with Gasteiger partial charge in [0, 0.05) is 60.9 Å². The van der Waals surface area contributed by atoms with Crippen molar-refractivity contribution in [2.75, 3.05) is 32.9 Å². The smallest absolute Gasteiger partial charge is 0.305 e. The summed E-state index contributed by atoms with van der Waals surface area (Å²) in [7, 11) is 0. The maximum absolute atomic E-state index is 12.1. The molecule has 4 rings (SSSR count). The number of hydrogen-bond donors (Lipinski definition) is 4. The highest BCUT2D eigenvalue weighted by Crippen LogP contribution is 2.41. The molecule has 0 spiro atoms. The predicted molar refractivity (Wildman–Crippen MR) is 136 cm³/mol. The number of ether oxygens (including phenoxy) is 1. The first-order valence-corrected chi connectivity index (χ1v) is 12.5. The number of aromatic nitrogens is 3. The molecule has 3 heterocycles. The van der Waals surface area contributed by atoms with Gasteiger partial charge in [0.15, 0.2) is 0 Å². The fraction of sp³-hybridized carbons (Fsp3) is 0.417. The van der Waals surface area contributed by atoms with E-state index in [4.69, 9.17) is 33.0 Å². The molecule has 0 fully saturated rings. The van der Waals surface area contributed by atoms with E-state index in [1.165, 1.54) is 0 Å². The molecule has 0 bridgehead atoms. The van der Waals surface area contributed by atoms with E-state index in [0.29, 0.717) is 53.9 Å². The Balaban J connectivity index is 1.45. The van der Waals surface area contributed by atoms with E-state index in [1.54, 1.807) is 21.8 Å². The third kappa shape index (κ3) is 6.24. The van der Waals surface area contributed by atoms with Gasteiger partial charge in [0.25, 0.3) is 0 Å². The van der Waals surface area contributed by atoms with Crippen molar-refractivity contribution in [1.29, 1.82) is 0 Å². The summed E-state index contributed by atoms with van der Waals surface area (Å²) < 4.78 is 6.83. The lowest BCUT2D eigenvalue weighted by Gasteiger charge is -2.26. The molecule has 0 radical (unpaired) electrons. The number of fused-ring (bicyclic) bond motifs is 3. The van der Waals surface area contributed by atoms with Gasteiger partial charge >= 0.3 is 5.97 Å². The van der Waals surface area contributed by atoms with Crippen LogP contribution < -0.4 is 5.32 Å². The number of hydrogen-bond acceptors (Lipinski definition) is 6. The number of aliphatic carboxylic acids is 1. The molecule has 4 N–H and O–H groups in total. The van der Waals surface area contributed by atoms with Crippen LogP contribution in [0.4, 0.5) is 0 Å². The topological polar surface area (TPSA) is 150 Å². The van der Waals surface area contributed by atoms with Crippen LogP contribution in [0.1, 0.15) is 24.1 Å². The van der Waals surface area contributed by atoms with E-state index < -0.39 is 12.6 Å². The Hall–Kier alpha value is -3.12. The van der Waals surface area contributed by atoms with E-state index in [1.807, 2.05) is 6.07 Å². The van der Waals surface area contributed by atoms with Gasteiger partial charge in [-0.1, -0.05) is 23.2 Å². The Labute approximate surface area is 222 Å². The number of aliphatic hydroxyl groups is 1. The normalized spacial score (nSPS) is 13.1. The van der Waals surface area contributed by atoms with Crippen LogP contribution in [0.5, 0.6) is 0 Å². The van der Waals surface area contributed by atoms with Crippen LogP contribution in [0.15, 0.2) is 18.3 Å². The molecular weight excluding hydrogens is 525 g/mol. The van der Waals surface area contributed by atoms with E-state index in [2.05, 4.69) is 15.4 Å². The van der Waals surface area contributed by atoms with Gasteiger partial charge in [-0.15, -0.1) is 0 Å². The molecule has 11 nitrogen and oxygen atoms in total. The molecule has 0 aliphatic carbocycles. The van der Waals surface area contributed by atoms with Gasteiger partial charge < -0.3 is 30.2 Å². The highest BCUT2D eigenvalue weighted by atomic mass is 35.5. The number of carbonyl (C=O) groups is 3. The molecule has 1 aliphatic heterocycles. The minimum absolute atomic E-state index is 0.0702. The summed E-state index contributed by atoms with van der Waals surface area (Å²) in [5, 5.41) is 26.9. The van der Waals surface area contributed by atoms with Crippen molar-refractivity contribution in [3.05, 3.63) is 39.6 Å². The van der Waals surface area contributed by atoms with Crippen molar-refractivity contribution in [3.8, 4) is 11.3 Å². The van der Waals surface area contributed by atoms with E-state index >= 15 is 0 Å². The third-order valence-corrected chi connectivity index (χ3v) is 6.93. The highest BCUT2D eigenvalue weighted by Gasteiger charge is 2.27. The number of carboxylic acids is 1. The molecule has 2 amide bonds. The van der Waals surface area contributed by atoms with E-state index in [0.717, 1.165) is 22.2 Å². The number of nitrogens with zero attached hydrogens (tertiary/aromatic N) is 3. The number of H-pyrrole nitrogens is 1. The number of carboxylic acid groups (broad SMARTS) is 1. The molecule has 0 saturated carbocycles. The SMILES string of the molecule is O=C(O)CCOCCC(=O)NCCn1ccc(-c2cc(Cl)c(Cl)c3[nH]c4c(c23)CN(C(=O)CO)CC4)n1. The first-order chi connectivity index (χ1) is 17.8. The van der Waals surface area contributed by atoms with Crippen molar-refractivity contribution in [2.45, 2.75) is 32.4 Å². The van der Waals surface area contributed by atoms with Gasteiger partial charge in [-0.2, -0.15) is 5.10 Å². The second kappa shape index (κ2) is 12.0. The fourth-order valence-electron chi connectivity index (χ4n) is 4.31. The molecule has 0 unspecified atom stereocenters. The van der Waals surface area contributed by atoms with Gasteiger partial charge in [0.05, 0.1) is 47.4 Å². The van der Waals surface area contributed by atoms with Crippen molar-refractivity contribution in [1.82, 2.24) is 25.0 Å². The lowest BCUT2D eigenvalue weighted by Crippen LogP contribution is -2.37. The fourth-order valence-corrected chi connectivity index (χ4v) is 4.71. The van der Waals surface area contributed by atoms with Crippen LogP contribution in [0.25, 0.3) is 22.2 Å². The summed E-state index contributed by atoms with van der Waals surface area (Å²) in [6, 6.07) is 3.60. The average Bonchev–Trinajstić information content (AvgIpc) is 3.50. The quantitative estimate of drug-likeness (QED) is 0.267. The third-order valence-electron chi connectivity index (χ3n) is 6.14. The molecule has 198 valence electrons. The summed E-state index contributed by atoms with van der Waals surface area (Å²) in [4.78, 5) is 39.5. The second-order valence-corrected chi connectivity index (χ2v) is 9.38. The maximum Gasteiger partial charge on any atom is 0.305 e. The number of nitrogens with one attached hydrogen (secondary N) is 2. The number of amides is 2. The monoisotopic (exact) mass is 551 g/mol. The molecule has 3 aromatic rings. The molecule has 2 aromatic heterocycles. The Morgan fingerprint density at radius 2 is 2.00 bits per heavy atom. The van der Waals surface area contributed by atoms with Crippen molar-refractivity contribution in [3.63, 3.8) is 0 Å². The minimum atomic E-state index is -0.945. The van der Waals surface area contributed by atoms with Crippen LogP contribution in [0.2, 0.25) is 10.0 Å². The summed E-state index contributed by atoms with van der Waals surface area (Å²) in [5.74, 6) is -1.48. The molecular formula is C24H27Cl2N5O6. The van der Waals surface area contributed by atoms with E-state index in [-0.39, 0.29) is 37.9 Å². The Kier molecular flexibility index (Phi) is 8.70. The Morgan fingerprint density at radius 3 is 2.76 bits per heavy atom. The summed E-state index contributed by atoms with van der Waals surface area (Å²) in [6.07, 6.45) is 2.44. The van der Waals surface area contributed by atoms with Crippen molar-refractivity contribution < 1.29 is 29.3 Å². The second-order valence-electron chi connectivity index (χ2n) is 8.60. The van der Waals surface area contributed by atoms with Crippen molar-refractivity contribution >= 4 is 51.9 Å². The van der Waals surface area contributed by atoms with Crippen LogP contribution in [-0.4, -0.2) is 80.6 Å². The predicted octanol–water partition coefficient (Wildman–Crippen LogP) is 2.21. The number of aliphatic hydroxyl groups excluding tert-OH is 1. The highest BCUT2D eigenvalue weighted by molar-refractivity contribution is 6.45. The van der Waals surface area contributed by atoms with Gasteiger partial charge in [-0.05, 0) is 12.1 Å². The molecule has 1 aliphatic rings. The lowest BCUT2D eigenvalue weighted by molar-refractivity contribution is -0.138. The van der Waals surface area contributed by atoms with Gasteiger partial charge in [-0.25, -0.2) is 0 Å². The molecule has 13 heteroatoms. The number of carbonyl (C=O) groups excluding carboxylic acids is 2. The Bertz CT molecular complexity index is 1320. The number of benzene rings is 1. The molecule has 0 saturated heterocycles. The molecule has 37 heavy (non-hydrogen) atoms. The molecule has 0 atom stereocenters. The largest absolute Gasteiger partial charge is 0.481 e. The van der Waals surface area contributed by atoms with E-state index in [9.17, 15) is 19.5 Å². The summed E-state index contributed by atoms with van der Waals surface area (Å²) in [6.45, 7) is 1.29. The average molecular weight is 552 g/mol. The minimum Gasteiger partial charge on any atom is -0.481 e. The number of halogens is 2. The van der Waals surface area contributed by atoms with Crippen molar-refractivity contribution in [2.24, 2.45) is 0 Å². The molecule has 1 aromatic carbocycles. The summed E-state index contributed by atoms with van der Waals surface area (Å²) >= 11 is 13.0. The summed E-state index contributed by atoms with van der Waals surface area (Å²) in [5.41, 5.74) is 4.00. The lowest BCUT2D eigenvalue weighted by atomic mass is 9.99. The van der Waals surface area contributed by atoms with Gasteiger partial charge in [0.1, 0.15) is 6.61 Å². The first kappa shape index (κ1) is 26.9. The first-order valence-electron chi connectivity index (χ1n) is 11.8. The van der Waals surface area contributed by atoms with Gasteiger partial charge in [0.2, 0.25) is 11.8 Å². The Morgan fingerprint density at radius 1 is 1.22 bits per heavy atom. The van der Waals surface area contributed by atoms with Crippen LogP contribution in [0, 0.1) is 0 Å². The number of aromatic amines is 1. The zero-order valence-electron chi connectivity index (χ0n) is 19.9. The zero-order chi connectivity index (χ0) is 26.5.